The van der Waals surface area contributed by atoms with Crippen molar-refractivity contribution in [3.63, 3.8) is 0 Å². The zero-order valence-corrected chi connectivity index (χ0v) is 17.1. The van der Waals surface area contributed by atoms with Crippen LogP contribution < -0.4 is 16.7 Å². The number of hydrogen-bond donors (Lipinski definition) is 3. The van der Waals surface area contributed by atoms with Gasteiger partial charge in [-0.25, -0.2) is 0 Å². The van der Waals surface area contributed by atoms with Crippen molar-refractivity contribution >= 4 is 16.8 Å². The van der Waals surface area contributed by atoms with Crippen LogP contribution in [-0.4, -0.2) is 34.0 Å². The summed E-state index contributed by atoms with van der Waals surface area (Å²) in [5.41, 5.74) is 5.24. The predicted octanol–water partition coefficient (Wildman–Crippen LogP) is 2.18. The Balaban J connectivity index is 1.81. The molecule has 1 fully saturated rings. The molecule has 3 aromatic rings. The minimum atomic E-state index is -0.986. The molecule has 1 aliphatic rings. The molecule has 2 aromatic heterocycles. The van der Waals surface area contributed by atoms with Gasteiger partial charge < -0.3 is 20.2 Å². The summed E-state index contributed by atoms with van der Waals surface area (Å²) >= 11 is 0. The first-order valence-corrected chi connectivity index (χ1v) is 10.4. The van der Waals surface area contributed by atoms with Crippen molar-refractivity contribution in [2.24, 2.45) is 5.73 Å². The van der Waals surface area contributed by atoms with Gasteiger partial charge in [-0.15, -0.1) is 0 Å². The van der Waals surface area contributed by atoms with Gasteiger partial charge in [0.1, 0.15) is 5.76 Å². The number of para-hydroxylation sites is 1. The van der Waals surface area contributed by atoms with Crippen LogP contribution in [0.5, 0.6) is 5.75 Å². The number of pyridine rings is 1. The van der Waals surface area contributed by atoms with Crippen LogP contribution >= 0.6 is 0 Å². The van der Waals surface area contributed by atoms with Gasteiger partial charge in [0.05, 0.1) is 12.5 Å². The Labute approximate surface area is 178 Å². The second kappa shape index (κ2) is 8.77. The highest BCUT2D eigenvalue weighted by Gasteiger charge is 2.28. The highest BCUT2D eigenvalue weighted by Crippen LogP contribution is 2.32. The van der Waals surface area contributed by atoms with Gasteiger partial charge in [-0.2, -0.15) is 0 Å². The minimum Gasteiger partial charge on any atom is -0.502 e. The molecule has 4 rings (SSSR count). The molecule has 0 radical (unpaired) electrons. The van der Waals surface area contributed by atoms with Crippen LogP contribution in [0, 0.1) is 0 Å². The number of fused-ring (bicyclic) bond motifs is 1. The molecule has 31 heavy (non-hydrogen) atoms. The fourth-order valence-electron chi connectivity index (χ4n) is 4.18. The lowest BCUT2D eigenvalue weighted by Gasteiger charge is -2.26. The molecule has 1 unspecified atom stereocenters. The number of nitrogens with two attached hydrogens (primary N) is 1. The quantitative estimate of drug-likeness (QED) is 0.557. The van der Waals surface area contributed by atoms with Crippen molar-refractivity contribution in [3.05, 3.63) is 74.1 Å². The third kappa shape index (κ3) is 4.54. The molecule has 1 aromatic carbocycles. The lowest BCUT2D eigenvalue weighted by molar-refractivity contribution is -0.118. The summed E-state index contributed by atoms with van der Waals surface area (Å²) in [6.45, 7) is 2.21. The number of piperidine rings is 1. The Morgan fingerprint density at radius 2 is 1.90 bits per heavy atom. The van der Waals surface area contributed by atoms with E-state index in [4.69, 9.17) is 10.2 Å². The summed E-state index contributed by atoms with van der Waals surface area (Å²) in [6.07, 6.45) is 3.04. The van der Waals surface area contributed by atoms with Crippen LogP contribution in [0.15, 0.2) is 50.4 Å². The molecule has 1 atom stereocenters. The summed E-state index contributed by atoms with van der Waals surface area (Å²) in [4.78, 5) is 42.1. The highest BCUT2D eigenvalue weighted by atomic mass is 16.4. The van der Waals surface area contributed by atoms with Gasteiger partial charge in [0.15, 0.2) is 5.76 Å². The van der Waals surface area contributed by atoms with Gasteiger partial charge in [0.2, 0.25) is 17.1 Å². The average molecular weight is 423 g/mol. The van der Waals surface area contributed by atoms with Crippen molar-refractivity contribution in [1.29, 1.82) is 0 Å². The number of rotatable bonds is 6. The zero-order valence-electron chi connectivity index (χ0n) is 17.1. The third-order valence-corrected chi connectivity index (χ3v) is 5.71. The largest absolute Gasteiger partial charge is 0.502 e. The van der Waals surface area contributed by atoms with Crippen molar-refractivity contribution < 1.29 is 14.3 Å². The van der Waals surface area contributed by atoms with E-state index in [1.807, 2.05) is 12.1 Å². The van der Waals surface area contributed by atoms with Gasteiger partial charge in [0, 0.05) is 23.6 Å². The number of aromatic nitrogens is 1. The number of nitrogens with zero attached hydrogens (tertiary/aromatic N) is 1. The molecule has 3 heterocycles. The Hall–Kier alpha value is -3.39. The lowest BCUT2D eigenvalue weighted by Crippen LogP contribution is -2.29. The van der Waals surface area contributed by atoms with Crippen molar-refractivity contribution in [2.75, 3.05) is 13.1 Å². The van der Waals surface area contributed by atoms with Gasteiger partial charge in [-0.1, -0.05) is 24.6 Å². The summed E-state index contributed by atoms with van der Waals surface area (Å²) in [5.74, 6) is -2.01. The van der Waals surface area contributed by atoms with E-state index in [2.05, 4.69) is 9.88 Å². The number of H-pyrrole nitrogens is 1. The van der Waals surface area contributed by atoms with Gasteiger partial charge in [0.25, 0.3) is 5.56 Å². The molecule has 1 saturated heterocycles. The Morgan fingerprint density at radius 1 is 1.16 bits per heavy atom. The minimum absolute atomic E-state index is 0.112. The van der Waals surface area contributed by atoms with Crippen LogP contribution in [0.1, 0.15) is 48.7 Å². The van der Waals surface area contributed by atoms with Gasteiger partial charge in [-0.3, -0.25) is 19.3 Å². The average Bonchev–Trinajstić information content (AvgIpc) is 2.75. The number of benzene rings is 1. The second-order valence-electron chi connectivity index (χ2n) is 7.99. The standard InChI is InChI=1S/C23H25N3O5/c24-20(28)12-16(17-10-14-6-2-3-7-18(14)25-23(17)30)22-21(29)19(27)11-15(31-22)13-26-8-4-1-5-9-26/h2-3,6-7,10-11,16,29H,1,4-5,8-9,12-13H2,(H2,24,28)(H,25,30). The van der Waals surface area contributed by atoms with Gasteiger partial charge >= 0.3 is 0 Å². The fraction of sp³-hybridized carbons (Fsp3) is 0.348. The number of aromatic amines is 1. The smallest absolute Gasteiger partial charge is 0.252 e. The van der Waals surface area contributed by atoms with Crippen molar-refractivity contribution in [1.82, 2.24) is 9.88 Å². The molecule has 8 heteroatoms. The van der Waals surface area contributed by atoms with E-state index in [0.29, 0.717) is 17.8 Å². The number of carbonyl (C=O) groups excluding carboxylic acids is 1. The summed E-state index contributed by atoms with van der Waals surface area (Å²) in [5, 5.41) is 11.2. The van der Waals surface area contributed by atoms with E-state index in [1.165, 1.54) is 12.5 Å². The molecule has 162 valence electrons. The molecule has 0 aliphatic carbocycles. The first-order chi connectivity index (χ1) is 14.9. The van der Waals surface area contributed by atoms with Crippen LogP contribution in [-0.2, 0) is 11.3 Å². The van der Waals surface area contributed by atoms with E-state index in [0.717, 1.165) is 31.3 Å². The SMILES string of the molecule is NC(=O)CC(c1oc(CN2CCCCC2)cc(=O)c1O)c1cc2ccccc2[nH]c1=O. The highest BCUT2D eigenvalue weighted by molar-refractivity contribution is 5.80. The number of carbonyl (C=O) groups is 1. The molecular weight excluding hydrogens is 398 g/mol. The number of aromatic hydroxyl groups is 1. The number of amides is 1. The van der Waals surface area contributed by atoms with Gasteiger partial charge in [-0.05, 0) is 43.5 Å². The Bertz CT molecular complexity index is 1220. The predicted molar refractivity (Wildman–Crippen MR) is 116 cm³/mol. The summed E-state index contributed by atoms with van der Waals surface area (Å²) < 4.78 is 5.92. The van der Waals surface area contributed by atoms with Crippen LogP contribution in [0.3, 0.4) is 0 Å². The first kappa shape index (κ1) is 20.9. The Morgan fingerprint density at radius 3 is 2.65 bits per heavy atom. The van der Waals surface area contributed by atoms with Crippen molar-refractivity contribution in [3.8, 4) is 5.75 Å². The maximum absolute atomic E-state index is 12.8. The molecule has 0 saturated carbocycles. The van der Waals surface area contributed by atoms with E-state index < -0.39 is 28.6 Å². The second-order valence-corrected chi connectivity index (χ2v) is 7.99. The van der Waals surface area contributed by atoms with Crippen LogP contribution in [0.4, 0.5) is 0 Å². The summed E-state index contributed by atoms with van der Waals surface area (Å²) in [7, 11) is 0. The summed E-state index contributed by atoms with van der Waals surface area (Å²) in [6, 6.07) is 10.1. The number of hydrogen-bond acceptors (Lipinski definition) is 6. The first-order valence-electron chi connectivity index (χ1n) is 10.4. The maximum atomic E-state index is 12.8. The van der Waals surface area contributed by atoms with E-state index >= 15 is 0 Å². The third-order valence-electron chi connectivity index (χ3n) is 5.71. The fourth-order valence-corrected chi connectivity index (χ4v) is 4.18. The zero-order chi connectivity index (χ0) is 22.0. The molecule has 0 spiro atoms. The molecule has 1 aliphatic heterocycles. The Kier molecular flexibility index (Phi) is 5.90. The van der Waals surface area contributed by atoms with E-state index in [9.17, 15) is 19.5 Å². The number of likely N-dealkylation sites (tertiary alicyclic amines) is 1. The number of primary amides is 1. The van der Waals surface area contributed by atoms with E-state index in [1.54, 1.807) is 18.2 Å². The lowest BCUT2D eigenvalue weighted by atomic mass is 9.92. The number of nitrogens with one attached hydrogen (secondary N) is 1. The topological polar surface area (TPSA) is 130 Å². The maximum Gasteiger partial charge on any atom is 0.252 e. The monoisotopic (exact) mass is 423 g/mol. The molecule has 4 N–H and O–H groups in total. The van der Waals surface area contributed by atoms with Crippen molar-refractivity contribution in [2.45, 2.75) is 38.1 Å². The normalized spacial score (nSPS) is 15.7. The van der Waals surface area contributed by atoms with Crippen LogP contribution in [0.25, 0.3) is 10.9 Å². The van der Waals surface area contributed by atoms with E-state index in [-0.39, 0.29) is 17.7 Å². The molecule has 1 amide bonds. The molecule has 0 bridgehead atoms. The van der Waals surface area contributed by atoms with Crippen LogP contribution in [0.2, 0.25) is 0 Å². The molecular formula is C23H25N3O5. The molecule has 8 nitrogen and oxygen atoms in total.